The summed E-state index contributed by atoms with van der Waals surface area (Å²) in [6.07, 6.45) is 0. The van der Waals surface area contributed by atoms with Crippen LogP contribution in [0.5, 0.6) is 0 Å². The number of carboxylic acids is 1. The molecule has 0 saturated carbocycles. The van der Waals surface area contributed by atoms with Crippen LogP contribution >= 0.6 is 11.8 Å². The third-order valence-electron chi connectivity index (χ3n) is 3.15. The normalized spacial score (nSPS) is 27.5. The third-order valence-corrected chi connectivity index (χ3v) is 5.10. The first-order valence-electron chi connectivity index (χ1n) is 6.19. The van der Waals surface area contributed by atoms with E-state index in [4.69, 9.17) is 0 Å². The highest BCUT2D eigenvalue weighted by Crippen LogP contribution is 2.46. The van der Waals surface area contributed by atoms with Crippen molar-refractivity contribution >= 4 is 17.7 Å². The fourth-order valence-corrected chi connectivity index (χ4v) is 3.71. The Morgan fingerprint density at radius 3 is 2.63 bits per heavy atom. The van der Waals surface area contributed by atoms with Gasteiger partial charge in [-0.15, -0.1) is 11.8 Å². The molecule has 1 aromatic rings. The summed E-state index contributed by atoms with van der Waals surface area (Å²) in [6, 6.07) is 5.50. The molecule has 5 heteroatoms. The van der Waals surface area contributed by atoms with E-state index in [9.17, 15) is 14.3 Å². The van der Waals surface area contributed by atoms with E-state index in [0.29, 0.717) is 0 Å². The van der Waals surface area contributed by atoms with Crippen molar-refractivity contribution in [1.82, 2.24) is 5.32 Å². The second-order valence-electron chi connectivity index (χ2n) is 5.84. The molecule has 3 atom stereocenters. The zero-order chi connectivity index (χ0) is 14.2. The van der Waals surface area contributed by atoms with Crippen molar-refractivity contribution in [2.75, 3.05) is 0 Å². The zero-order valence-electron chi connectivity index (χ0n) is 11.2. The molecule has 1 fully saturated rings. The van der Waals surface area contributed by atoms with Gasteiger partial charge in [0.25, 0.3) is 0 Å². The summed E-state index contributed by atoms with van der Waals surface area (Å²) in [5, 5.41) is 12.2. The predicted octanol–water partition coefficient (Wildman–Crippen LogP) is 3.03. The molecule has 1 aliphatic rings. The summed E-state index contributed by atoms with van der Waals surface area (Å²) in [7, 11) is 0. The second kappa shape index (κ2) is 5.13. The van der Waals surface area contributed by atoms with Crippen LogP contribution in [0.25, 0.3) is 0 Å². The van der Waals surface area contributed by atoms with Gasteiger partial charge in [-0.05, 0) is 23.1 Å². The molecule has 0 radical (unpaired) electrons. The van der Waals surface area contributed by atoms with E-state index < -0.39 is 12.0 Å². The van der Waals surface area contributed by atoms with Gasteiger partial charge >= 0.3 is 5.97 Å². The second-order valence-corrected chi connectivity index (χ2v) is 7.09. The van der Waals surface area contributed by atoms with E-state index in [0.717, 1.165) is 5.56 Å². The van der Waals surface area contributed by atoms with Crippen LogP contribution in [0, 0.1) is 11.2 Å². The van der Waals surface area contributed by atoms with E-state index in [1.165, 1.54) is 12.1 Å². The number of carbonyl (C=O) groups is 1. The van der Waals surface area contributed by atoms with Gasteiger partial charge < -0.3 is 5.11 Å². The van der Waals surface area contributed by atoms with Crippen LogP contribution in [0.1, 0.15) is 31.6 Å². The summed E-state index contributed by atoms with van der Waals surface area (Å²) < 4.78 is 13.3. The van der Waals surface area contributed by atoms with E-state index in [2.05, 4.69) is 26.1 Å². The molecular formula is C14H18FNO2S. The number of benzene rings is 1. The number of carboxylic acid groups (broad SMARTS) is 1. The predicted molar refractivity (Wildman–Crippen MR) is 74.5 cm³/mol. The number of thioether (sulfide) groups is 1. The minimum absolute atomic E-state index is 0.0295. The van der Waals surface area contributed by atoms with Crippen LogP contribution in [0.3, 0.4) is 0 Å². The van der Waals surface area contributed by atoms with Crippen LogP contribution in [-0.2, 0) is 4.79 Å². The molecule has 0 bridgehead atoms. The number of hydrogen-bond donors (Lipinski definition) is 2. The molecule has 0 spiro atoms. The van der Waals surface area contributed by atoms with Crippen molar-refractivity contribution in [3.8, 4) is 0 Å². The number of nitrogens with one attached hydrogen (secondary N) is 1. The molecule has 1 aliphatic heterocycles. The van der Waals surface area contributed by atoms with Crippen LogP contribution in [0.2, 0.25) is 0 Å². The Labute approximate surface area is 116 Å². The quantitative estimate of drug-likeness (QED) is 0.876. The molecule has 19 heavy (non-hydrogen) atoms. The van der Waals surface area contributed by atoms with E-state index in [1.807, 2.05) is 0 Å². The Hall–Kier alpha value is -1.07. The molecule has 1 unspecified atom stereocenters. The van der Waals surface area contributed by atoms with Crippen LogP contribution in [0.4, 0.5) is 4.39 Å². The lowest BCUT2D eigenvalue weighted by Crippen LogP contribution is -2.42. The molecule has 0 aromatic heterocycles. The van der Waals surface area contributed by atoms with Crippen LogP contribution < -0.4 is 5.32 Å². The fraction of sp³-hybridized carbons (Fsp3) is 0.500. The van der Waals surface area contributed by atoms with E-state index >= 15 is 0 Å². The molecule has 1 heterocycles. The van der Waals surface area contributed by atoms with Gasteiger partial charge in [-0.25, -0.2) is 4.39 Å². The SMILES string of the molecule is CC(C)(C)C1N[C@H](C(=O)O)[C@@H](c2cccc(F)c2)S1. The lowest BCUT2D eigenvalue weighted by atomic mass is 9.95. The monoisotopic (exact) mass is 283 g/mol. The summed E-state index contributed by atoms with van der Waals surface area (Å²) in [4.78, 5) is 11.4. The maximum absolute atomic E-state index is 13.3. The van der Waals surface area contributed by atoms with Gasteiger partial charge in [0.15, 0.2) is 0 Å². The highest BCUT2D eigenvalue weighted by atomic mass is 32.2. The van der Waals surface area contributed by atoms with Gasteiger partial charge in [-0.2, -0.15) is 0 Å². The maximum Gasteiger partial charge on any atom is 0.322 e. The molecule has 1 saturated heterocycles. The molecule has 0 amide bonds. The number of aliphatic carboxylic acids is 1. The van der Waals surface area contributed by atoms with Crippen molar-refractivity contribution in [3.63, 3.8) is 0 Å². The minimum atomic E-state index is -0.895. The Kier molecular flexibility index (Phi) is 3.87. The van der Waals surface area contributed by atoms with Crippen molar-refractivity contribution in [2.45, 2.75) is 37.4 Å². The van der Waals surface area contributed by atoms with Crippen molar-refractivity contribution in [2.24, 2.45) is 5.41 Å². The first-order valence-corrected chi connectivity index (χ1v) is 7.13. The average Bonchev–Trinajstić information content (AvgIpc) is 2.73. The standard InChI is InChI=1S/C14H18FNO2S/c1-14(2,3)13-16-10(12(17)18)11(19-13)8-5-4-6-9(15)7-8/h4-7,10-11,13,16H,1-3H3,(H,17,18)/t10-,11+,13?/m0/s1. The number of hydrogen-bond acceptors (Lipinski definition) is 3. The van der Waals surface area contributed by atoms with Gasteiger partial charge in [0.05, 0.1) is 10.6 Å². The van der Waals surface area contributed by atoms with Gasteiger partial charge in [0, 0.05) is 0 Å². The first kappa shape index (κ1) is 14.3. The largest absolute Gasteiger partial charge is 0.480 e. The highest BCUT2D eigenvalue weighted by molar-refractivity contribution is 8.00. The average molecular weight is 283 g/mol. The first-order chi connectivity index (χ1) is 8.79. The van der Waals surface area contributed by atoms with Gasteiger partial charge in [-0.3, -0.25) is 10.1 Å². The van der Waals surface area contributed by atoms with Crippen molar-refractivity contribution < 1.29 is 14.3 Å². The van der Waals surface area contributed by atoms with Gasteiger partial charge in [-0.1, -0.05) is 32.9 Å². The van der Waals surface area contributed by atoms with Crippen molar-refractivity contribution in [1.29, 1.82) is 0 Å². The van der Waals surface area contributed by atoms with E-state index in [-0.39, 0.29) is 21.9 Å². The highest BCUT2D eigenvalue weighted by Gasteiger charge is 2.44. The summed E-state index contributed by atoms with van der Waals surface area (Å²) in [5.74, 6) is -1.23. The molecule has 2 rings (SSSR count). The molecule has 0 aliphatic carbocycles. The lowest BCUT2D eigenvalue weighted by molar-refractivity contribution is -0.139. The van der Waals surface area contributed by atoms with Crippen LogP contribution in [0.15, 0.2) is 24.3 Å². The molecule has 3 nitrogen and oxygen atoms in total. The summed E-state index contributed by atoms with van der Waals surface area (Å²) in [5.41, 5.74) is 0.664. The Balaban J connectivity index is 2.30. The summed E-state index contributed by atoms with van der Waals surface area (Å²) in [6.45, 7) is 6.18. The maximum atomic E-state index is 13.3. The molecule has 2 N–H and O–H groups in total. The third kappa shape index (κ3) is 3.09. The number of rotatable bonds is 2. The fourth-order valence-electron chi connectivity index (χ4n) is 2.12. The molecular weight excluding hydrogens is 265 g/mol. The van der Waals surface area contributed by atoms with Gasteiger partial charge in [0.2, 0.25) is 0 Å². The summed E-state index contributed by atoms with van der Waals surface area (Å²) >= 11 is 1.56. The zero-order valence-corrected chi connectivity index (χ0v) is 12.0. The smallest absolute Gasteiger partial charge is 0.322 e. The van der Waals surface area contributed by atoms with Crippen LogP contribution in [-0.4, -0.2) is 22.5 Å². The Morgan fingerprint density at radius 1 is 1.42 bits per heavy atom. The minimum Gasteiger partial charge on any atom is -0.480 e. The van der Waals surface area contributed by atoms with Gasteiger partial charge in [0.1, 0.15) is 11.9 Å². The Morgan fingerprint density at radius 2 is 2.11 bits per heavy atom. The topological polar surface area (TPSA) is 49.3 Å². The molecule has 104 valence electrons. The lowest BCUT2D eigenvalue weighted by Gasteiger charge is -2.26. The molecule has 1 aromatic carbocycles. The Bertz CT molecular complexity index is 487. The van der Waals surface area contributed by atoms with E-state index in [1.54, 1.807) is 23.9 Å². The number of halogens is 1. The van der Waals surface area contributed by atoms with Crippen molar-refractivity contribution in [3.05, 3.63) is 35.6 Å².